The number of unbranched alkanes of at least 4 members (excludes halogenated alkanes) is 33. The van der Waals surface area contributed by atoms with Gasteiger partial charge < -0.3 is 0 Å². The Balaban J connectivity index is 2.65. The van der Waals surface area contributed by atoms with E-state index >= 15 is 0 Å². The first-order valence-corrected chi connectivity index (χ1v) is 24.2. The highest BCUT2D eigenvalue weighted by Gasteiger charge is 2.20. The van der Waals surface area contributed by atoms with Gasteiger partial charge in [-0.1, -0.05) is 244 Å². The van der Waals surface area contributed by atoms with Gasteiger partial charge in [-0.2, -0.15) is 0 Å². The maximum absolute atomic E-state index is 2.53. The van der Waals surface area contributed by atoms with Crippen molar-refractivity contribution in [3.05, 3.63) is 72.7 Å². The van der Waals surface area contributed by atoms with Gasteiger partial charge in [0.2, 0.25) is 0 Å². The Kier molecular flexibility index (Phi) is 37.4. The molecule has 1 nitrogen and oxygen atoms in total. The van der Waals surface area contributed by atoms with Crippen LogP contribution in [0.1, 0.15) is 257 Å². The van der Waals surface area contributed by atoms with Crippen molar-refractivity contribution in [3.8, 4) is 0 Å². The summed E-state index contributed by atoms with van der Waals surface area (Å²) < 4.78 is 0.818. The van der Waals surface area contributed by atoms with E-state index in [0.29, 0.717) is 0 Å². The number of nitrogens with zero attached hydrogens (tertiary/aromatic N) is 1. The lowest BCUT2D eigenvalue weighted by Gasteiger charge is -2.27. The Morgan fingerprint density at radius 1 is 0.321 bits per heavy atom. The molecule has 0 aliphatic rings. The minimum absolute atomic E-state index is 0.818. The molecular weight excluding hydrogens is 639 g/mol. The van der Waals surface area contributed by atoms with Crippen molar-refractivity contribution in [1.29, 1.82) is 0 Å². The third-order valence-corrected chi connectivity index (χ3v) is 11.4. The number of hydrogen-bond donors (Lipinski definition) is 0. The van der Waals surface area contributed by atoms with E-state index in [4.69, 9.17) is 0 Å². The van der Waals surface area contributed by atoms with Gasteiger partial charge >= 0.3 is 0 Å². The van der Waals surface area contributed by atoms with Gasteiger partial charge in [0, 0.05) is 5.56 Å². The van der Waals surface area contributed by atoms with Crippen LogP contribution < -0.4 is 0 Å². The van der Waals surface area contributed by atoms with Crippen LogP contribution in [0.5, 0.6) is 0 Å². The average Bonchev–Trinajstić information content (AvgIpc) is 3.17. The van der Waals surface area contributed by atoms with Crippen LogP contribution >= 0.6 is 0 Å². The van der Waals surface area contributed by atoms with Crippen LogP contribution in [0.25, 0.3) is 0 Å². The third kappa shape index (κ3) is 33.5. The summed E-state index contributed by atoms with van der Waals surface area (Å²) in [6, 6.07) is 11.2. The van der Waals surface area contributed by atoms with Crippen LogP contribution in [-0.4, -0.2) is 4.48 Å². The molecule has 1 aromatic rings. The molecule has 0 N–H and O–H groups in total. The van der Waals surface area contributed by atoms with Crippen molar-refractivity contribution in [3.63, 3.8) is 0 Å². The van der Waals surface area contributed by atoms with Crippen molar-refractivity contribution in [2.24, 2.45) is 0 Å². The van der Waals surface area contributed by atoms with Gasteiger partial charge in [0.15, 0.2) is 0 Å². The summed E-state index contributed by atoms with van der Waals surface area (Å²) in [7, 11) is 0. The fourth-order valence-corrected chi connectivity index (χ4v) is 7.80. The van der Waals surface area contributed by atoms with E-state index in [1.807, 2.05) is 0 Å². The summed E-state index contributed by atoms with van der Waals surface area (Å²) in [5, 5.41) is 0. The maximum atomic E-state index is 2.53. The van der Waals surface area contributed by atoms with Crippen LogP contribution in [0, 0.1) is 0 Å². The summed E-state index contributed by atoms with van der Waals surface area (Å²) in [6.07, 6.45) is 65.3. The molecule has 0 radical (unpaired) electrons. The maximum Gasteiger partial charge on any atom is 0.117 e. The molecule has 1 rings (SSSR count). The van der Waals surface area contributed by atoms with Gasteiger partial charge in [-0.3, -0.25) is 0 Å². The second-order valence-electron chi connectivity index (χ2n) is 16.8. The molecule has 0 fully saturated rings. The van der Waals surface area contributed by atoms with Crippen molar-refractivity contribution >= 4 is 0 Å². The molecule has 0 saturated carbocycles. The Labute approximate surface area is 334 Å². The normalized spacial score (nSPS) is 12.4. The van der Waals surface area contributed by atoms with E-state index in [1.165, 1.54) is 237 Å². The van der Waals surface area contributed by atoms with Crippen molar-refractivity contribution < 1.29 is 4.48 Å². The number of benzene rings is 1. The summed E-state index contributed by atoms with van der Waals surface area (Å²) >= 11 is 0. The number of rotatable bonds is 41. The molecule has 0 bridgehead atoms. The van der Waals surface area contributed by atoms with E-state index in [2.05, 4.69) is 87.9 Å². The molecule has 0 aliphatic carbocycles. The highest BCUT2D eigenvalue weighted by molar-refractivity contribution is 5.14. The first-order valence-electron chi connectivity index (χ1n) is 24.2. The molecule has 0 aromatic heterocycles. The first kappa shape index (κ1) is 49.4. The molecular formula is C52H94N+. The first-order chi connectivity index (χ1) is 26.3. The minimum atomic E-state index is 0.818. The standard InChI is InChI=1S/C52H94N/c1-4-7-10-13-16-19-22-25-28-31-34-37-43-48-53(51-52-46-41-40-42-47-52,49-44-38-35-32-29-26-23-20-17-14-11-8-5-2)50-45-39-36-33-30-27-24-21-18-15-12-9-6-3/h40-50H,4-39,51H2,1-3H3/q+1/b48-43-,49-44+,50-45+. The Bertz CT molecular complexity index is 837. The Hall–Kier alpha value is -1.60. The zero-order chi connectivity index (χ0) is 38.0. The van der Waals surface area contributed by atoms with E-state index in [-0.39, 0.29) is 0 Å². The molecule has 0 heterocycles. The molecule has 1 aromatic carbocycles. The molecule has 0 amide bonds. The largest absolute Gasteiger partial charge is 0.242 e. The lowest BCUT2D eigenvalue weighted by molar-refractivity contribution is -0.788. The van der Waals surface area contributed by atoms with E-state index in [1.54, 1.807) is 0 Å². The minimum Gasteiger partial charge on any atom is -0.242 e. The molecule has 1 heteroatoms. The highest BCUT2D eigenvalue weighted by Crippen LogP contribution is 2.22. The van der Waals surface area contributed by atoms with Gasteiger partial charge in [-0.15, -0.1) is 0 Å². The topological polar surface area (TPSA) is 0 Å². The summed E-state index contributed by atoms with van der Waals surface area (Å²) in [6.45, 7) is 7.93. The molecule has 0 aliphatic heterocycles. The van der Waals surface area contributed by atoms with Gasteiger partial charge in [0.1, 0.15) is 25.1 Å². The van der Waals surface area contributed by atoms with Gasteiger partial charge in [-0.05, 0) is 56.8 Å². The van der Waals surface area contributed by atoms with Crippen molar-refractivity contribution in [2.75, 3.05) is 0 Å². The second kappa shape index (κ2) is 40.1. The zero-order valence-electron chi connectivity index (χ0n) is 36.5. The number of hydrogen-bond acceptors (Lipinski definition) is 0. The fourth-order valence-electron chi connectivity index (χ4n) is 7.80. The molecule has 0 unspecified atom stereocenters. The van der Waals surface area contributed by atoms with Gasteiger partial charge in [0.05, 0.1) is 0 Å². The molecule has 53 heavy (non-hydrogen) atoms. The predicted molar refractivity (Wildman–Crippen MR) is 241 cm³/mol. The van der Waals surface area contributed by atoms with Crippen molar-refractivity contribution in [2.45, 2.75) is 258 Å². The summed E-state index contributed by atoms with van der Waals surface area (Å²) in [4.78, 5) is 0. The van der Waals surface area contributed by atoms with E-state index < -0.39 is 0 Å². The number of allylic oxidation sites excluding steroid dienone is 3. The van der Waals surface area contributed by atoms with E-state index in [0.717, 1.165) is 11.0 Å². The average molecular weight is 733 g/mol. The monoisotopic (exact) mass is 733 g/mol. The van der Waals surface area contributed by atoms with Crippen LogP contribution in [0.2, 0.25) is 0 Å². The van der Waals surface area contributed by atoms with Crippen molar-refractivity contribution in [1.82, 2.24) is 0 Å². The highest BCUT2D eigenvalue weighted by atomic mass is 15.3. The predicted octanol–water partition coefficient (Wildman–Crippen LogP) is 18.6. The third-order valence-electron chi connectivity index (χ3n) is 11.4. The zero-order valence-corrected chi connectivity index (χ0v) is 36.5. The summed E-state index contributed by atoms with van der Waals surface area (Å²) in [5.74, 6) is 0. The van der Waals surface area contributed by atoms with Gasteiger partial charge in [-0.25, -0.2) is 4.48 Å². The molecule has 306 valence electrons. The Morgan fingerprint density at radius 3 is 0.830 bits per heavy atom. The lowest BCUT2D eigenvalue weighted by atomic mass is 10.1. The fraction of sp³-hybridized carbons (Fsp3) is 0.769. The summed E-state index contributed by atoms with van der Waals surface area (Å²) in [5.41, 5.74) is 1.42. The van der Waals surface area contributed by atoms with Crippen LogP contribution in [0.4, 0.5) is 0 Å². The van der Waals surface area contributed by atoms with Crippen LogP contribution in [0.15, 0.2) is 67.2 Å². The lowest BCUT2D eigenvalue weighted by Crippen LogP contribution is -2.30. The van der Waals surface area contributed by atoms with Crippen LogP contribution in [0.3, 0.4) is 0 Å². The second-order valence-corrected chi connectivity index (χ2v) is 16.8. The smallest absolute Gasteiger partial charge is 0.117 e. The van der Waals surface area contributed by atoms with Crippen LogP contribution in [-0.2, 0) is 6.54 Å². The van der Waals surface area contributed by atoms with Gasteiger partial charge in [0.25, 0.3) is 0 Å². The Morgan fingerprint density at radius 2 is 0.566 bits per heavy atom. The SMILES string of the molecule is CCCCCCCCCCCCC/C=C\[N+](/C=C/CCCCCCCCCCCCC)(/C=C/CCCCCCCCCCCCC)Cc1ccccc1. The molecule has 0 saturated heterocycles. The molecule has 0 atom stereocenters. The number of quaternary nitrogens is 1. The molecule has 0 spiro atoms. The quantitative estimate of drug-likeness (QED) is 0.0464. The van der Waals surface area contributed by atoms with E-state index in [9.17, 15) is 0 Å².